The summed E-state index contributed by atoms with van der Waals surface area (Å²) < 4.78 is 38.9. The molecule has 9 heteroatoms. The number of aromatic nitrogens is 2. The standard InChI is InChI=1S/C21H24ClN3O4S/c1-5-15(3)25(30(26,27)19-12-17(22)9-10-18(19)28-4)13-20-23-21(24-29-20)16-8-6-7-14(2)11-16/h6-12,15H,5,13H2,1-4H3. The Labute approximate surface area is 181 Å². The summed E-state index contributed by atoms with van der Waals surface area (Å²) in [6, 6.07) is 11.9. The van der Waals surface area contributed by atoms with Crippen LogP contribution in [0.2, 0.25) is 5.02 Å². The van der Waals surface area contributed by atoms with Gasteiger partial charge in [0.1, 0.15) is 10.6 Å². The second kappa shape index (κ2) is 9.16. The van der Waals surface area contributed by atoms with E-state index in [0.29, 0.717) is 17.3 Å². The van der Waals surface area contributed by atoms with Crippen molar-refractivity contribution in [3.63, 3.8) is 0 Å². The maximum absolute atomic E-state index is 13.5. The molecule has 1 heterocycles. The van der Waals surface area contributed by atoms with Gasteiger partial charge in [0.2, 0.25) is 21.7 Å². The first-order chi connectivity index (χ1) is 14.3. The highest BCUT2D eigenvalue weighted by atomic mass is 35.5. The van der Waals surface area contributed by atoms with Crippen LogP contribution < -0.4 is 4.74 Å². The van der Waals surface area contributed by atoms with E-state index in [1.165, 1.54) is 23.5 Å². The van der Waals surface area contributed by atoms with Crippen molar-refractivity contribution < 1.29 is 17.7 Å². The van der Waals surface area contributed by atoms with Crippen LogP contribution in [-0.2, 0) is 16.6 Å². The van der Waals surface area contributed by atoms with Gasteiger partial charge in [0, 0.05) is 16.6 Å². The Bertz CT molecular complexity index is 1130. The van der Waals surface area contributed by atoms with E-state index in [1.807, 2.05) is 45.0 Å². The fraction of sp³-hybridized carbons (Fsp3) is 0.333. The van der Waals surface area contributed by atoms with Crippen LogP contribution in [0.15, 0.2) is 51.9 Å². The molecule has 0 aliphatic rings. The van der Waals surface area contributed by atoms with E-state index in [2.05, 4.69) is 10.1 Å². The fourth-order valence-electron chi connectivity index (χ4n) is 3.01. The van der Waals surface area contributed by atoms with Crippen molar-refractivity contribution in [3.8, 4) is 17.1 Å². The molecule has 0 amide bonds. The van der Waals surface area contributed by atoms with Gasteiger partial charge >= 0.3 is 0 Å². The first-order valence-corrected chi connectivity index (χ1v) is 11.3. The van der Waals surface area contributed by atoms with Crippen LogP contribution in [0.3, 0.4) is 0 Å². The summed E-state index contributed by atoms with van der Waals surface area (Å²) in [4.78, 5) is 4.40. The molecular formula is C21H24ClN3O4S. The molecule has 0 aliphatic carbocycles. The second-order valence-corrected chi connectivity index (χ2v) is 9.28. The molecule has 0 radical (unpaired) electrons. The maximum atomic E-state index is 13.5. The van der Waals surface area contributed by atoms with Crippen LogP contribution in [-0.4, -0.2) is 36.0 Å². The molecule has 0 saturated carbocycles. The third-order valence-corrected chi connectivity index (χ3v) is 7.05. The lowest BCUT2D eigenvalue weighted by atomic mass is 10.1. The van der Waals surface area contributed by atoms with Gasteiger partial charge in [0.25, 0.3) is 0 Å². The minimum atomic E-state index is -3.94. The van der Waals surface area contributed by atoms with Crippen molar-refractivity contribution in [2.24, 2.45) is 0 Å². The largest absolute Gasteiger partial charge is 0.495 e. The number of rotatable bonds is 8. The summed E-state index contributed by atoms with van der Waals surface area (Å²) in [6.45, 7) is 5.65. The molecule has 2 aromatic carbocycles. The van der Waals surface area contributed by atoms with E-state index in [0.717, 1.165) is 11.1 Å². The lowest BCUT2D eigenvalue weighted by Crippen LogP contribution is -2.38. The minimum absolute atomic E-state index is 0.00350. The first-order valence-electron chi connectivity index (χ1n) is 9.51. The maximum Gasteiger partial charge on any atom is 0.247 e. The summed E-state index contributed by atoms with van der Waals surface area (Å²) in [7, 11) is -2.52. The van der Waals surface area contributed by atoms with Gasteiger partial charge in [-0.05, 0) is 44.5 Å². The van der Waals surface area contributed by atoms with Crippen molar-refractivity contribution >= 4 is 21.6 Å². The zero-order valence-corrected chi connectivity index (χ0v) is 18.9. The molecule has 0 N–H and O–H groups in total. The Balaban J connectivity index is 1.97. The molecule has 1 unspecified atom stereocenters. The Morgan fingerprint density at radius 1 is 1.23 bits per heavy atom. The summed E-state index contributed by atoms with van der Waals surface area (Å²) in [6.07, 6.45) is 0.598. The molecule has 7 nitrogen and oxygen atoms in total. The number of nitrogens with zero attached hydrogens (tertiary/aromatic N) is 3. The molecule has 3 rings (SSSR count). The third-order valence-electron chi connectivity index (χ3n) is 4.83. The van der Waals surface area contributed by atoms with E-state index in [1.54, 1.807) is 6.07 Å². The fourth-order valence-corrected chi connectivity index (χ4v) is 5.09. The number of aryl methyl sites for hydroxylation is 1. The van der Waals surface area contributed by atoms with E-state index < -0.39 is 10.0 Å². The van der Waals surface area contributed by atoms with Crippen LogP contribution in [0, 0.1) is 6.92 Å². The average molecular weight is 450 g/mol. The topological polar surface area (TPSA) is 85.5 Å². The van der Waals surface area contributed by atoms with Crippen molar-refractivity contribution in [2.75, 3.05) is 7.11 Å². The van der Waals surface area contributed by atoms with Gasteiger partial charge < -0.3 is 9.26 Å². The van der Waals surface area contributed by atoms with Gasteiger partial charge in [0.15, 0.2) is 0 Å². The van der Waals surface area contributed by atoms with E-state index in [-0.39, 0.29) is 29.1 Å². The SMILES string of the molecule is CCC(C)N(Cc1nc(-c2cccc(C)c2)no1)S(=O)(=O)c1cc(Cl)ccc1OC. The van der Waals surface area contributed by atoms with Crippen molar-refractivity contribution in [1.82, 2.24) is 14.4 Å². The number of ether oxygens (including phenoxy) is 1. The Hall–Kier alpha value is -2.42. The van der Waals surface area contributed by atoms with Gasteiger partial charge in [-0.1, -0.05) is 47.4 Å². The smallest absolute Gasteiger partial charge is 0.247 e. The monoisotopic (exact) mass is 449 g/mol. The van der Waals surface area contributed by atoms with Crippen LogP contribution in [0.1, 0.15) is 31.7 Å². The lowest BCUT2D eigenvalue weighted by Gasteiger charge is -2.27. The zero-order valence-electron chi connectivity index (χ0n) is 17.3. The normalized spacial score (nSPS) is 12.9. The molecular weight excluding hydrogens is 426 g/mol. The van der Waals surface area contributed by atoms with Crippen LogP contribution >= 0.6 is 11.6 Å². The van der Waals surface area contributed by atoms with Gasteiger partial charge in [-0.15, -0.1) is 0 Å². The average Bonchev–Trinajstić information content (AvgIpc) is 3.20. The molecule has 1 aromatic heterocycles. The van der Waals surface area contributed by atoms with E-state index >= 15 is 0 Å². The summed E-state index contributed by atoms with van der Waals surface area (Å²) >= 11 is 6.06. The molecule has 0 spiro atoms. The second-order valence-electron chi connectivity index (χ2n) is 6.98. The first kappa shape index (κ1) is 22.3. The molecule has 0 aliphatic heterocycles. The Kier molecular flexibility index (Phi) is 6.80. The van der Waals surface area contributed by atoms with E-state index in [9.17, 15) is 8.42 Å². The number of methoxy groups -OCH3 is 1. The molecule has 30 heavy (non-hydrogen) atoms. The van der Waals surface area contributed by atoms with Crippen LogP contribution in [0.4, 0.5) is 0 Å². The molecule has 0 fully saturated rings. The van der Waals surface area contributed by atoms with Gasteiger partial charge in [-0.25, -0.2) is 8.42 Å². The summed E-state index contributed by atoms with van der Waals surface area (Å²) in [5.74, 6) is 0.839. The van der Waals surface area contributed by atoms with Crippen molar-refractivity contribution in [1.29, 1.82) is 0 Å². The summed E-state index contributed by atoms with van der Waals surface area (Å²) in [5.41, 5.74) is 1.87. The van der Waals surface area contributed by atoms with Crippen molar-refractivity contribution in [3.05, 3.63) is 58.9 Å². The zero-order chi connectivity index (χ0) is 21.9. The Morgan fingerprint density at radius 3 is 2.67 bits per heavy atom. The number of benzene rings is 2. The summed E-state index contributed by atoms with van der Waals surface area (Å²) in [5, 5.41) is 4.32. The molecule has 3 aromatic rings. The highest BCUT2D eigenvalue weighted by Crippen LogP contribution is 2.32. The van der Waals surface area contributed by atoms with Gasteiger partial charge in [-0.3, -0.25) is 0 Å². The number of hydrogen-bond donors (Lipinski definition) is 0. The third kappa shape index (κ3) is 4.66. The highest BCUT2D eigenvalue weighted by molar-refractivity contribution is 7.89. The number of sulfonamides is 1. The molecule has 0 bridgehead atoms. The number of halogens is 1. The predicted molar refractivity (Wildman–Crippen MR) is 115 cm³/mol. The van der Waals surface area contributed by atoms with Gasteiger partial charge in [-0.2, -0.15) is 9.29 Å². The van der Waals surface area contributed by atoms with Crippen LogP contribution in [0.25, 0.3) is 11.4 Å². The van der Waals surface area contributed by atoms with E-state index in [4.69, 9.17) is 20.9 Å². The minimum Gasteiger partial charge on any atom is -0.495 e. The quantitative estimate of drug-likeness (QED) is 0.495. The predicted octanol–water partition coefficient (Wildman–Crippen LogP) is 4.70. The lowest BCUT2D eigenvalue weighted by molar-refractivity contribution is 0.271. The van der Waals surface area contributed by atoms with Crippen molar-refractivity contribution in [2.45, 2.75) is 44.7 Å². The number of hydrogen-bond acceptors (Lipinski definition) is 6. The highest BCUT2D eigenvalue weighted by Gasteiger charge is 2.33. The molecule has 160 valence electrons. The molecule has 1 atom stereocenters. The molecule has 0 saturated heterocycles. The van der Waals surface area contributed by atoms with Crippen LogP contribution in [0.5, 0.6) is 5.75 Å². The Morgan fingerprint density at radius 2 is 2.00 bits per heavy atom. The van der Waals surface area contributed by atoms with Gasteiger partial charge in [0.05, 0.1) is 13.7 Å².